The van der Waals surface area contributed by atoms with Crippen LogP contribution in [0.4, 0.5) is 5.69 Å². The van der Waals surface area contributed by atoms with Gasteiger partial charge in [-0.25, -0.2) is 4.85 Å². The number of benzene rings is 13. The van der Waals surface area contributed by atoms with Gasteiger partial charge in [0.15, 0.2) is 5.69 Å². The lowest BCUT2D eigenvalue weighted by molar-refractivity contribution is 0.755. The molecule has 2 unspecified atom stereocenters. The molecule has 0 aromatic heterocycles. The zero-order valence-corrected chi connectivity index (χ0v) is 45.9. The molecule has 3 aliphatic carbocycles. The highest BCUT2D eigenvalue weighted by Crippen LogP contribution is 2.57. The summed E-state index contributed by atoms with van der Waals surface area (Å²) in [5.74, 6) is 0.158. The van der Waals surface area contributed by atoms with E-state index in [4.69, 9.17) is 6.57 Å². The Morgan fingerprint density at radius 1 is 0.238 bits per heavy atom. The van der Waals surface area contributed by atoms with Crippen molar-refractivity contribution in [3.8, 4) is 117 Å². The number of hydrogen-bond donors (Lipinski definition) is 0. The summed E-state index contributed by atoms with van der Waals surface area (Å²) < 4.78 is 0. The van der Waals surface area contributed by atoms with Gasteiger partial charge in [-0.15, -0.1) is 0 Å². The molecule has 0 spiro atoms. The Bertz CT molecular complexity index is 4480. The summed E-state index contributed by atoms with van der Waals surface area (Å²) in [5.41, 5.74) is 32.7. The summed E-state index contributed by atoms with van der Waals surface area (Å²) in [7, 11) is 0. The lowest BCUT2D eigenvalue weighted by Crippen LogP contribution is -2.27. The van der Waals surface area contributed by atoms with Gasteiger partial charge in [0, 0.05) is 11.8 Å². The Hall–Kier alpha value is -11.2. The second-order valence-corrected chi connectivity index (χ2v) is 22.1. The summed E-state index contributed by atoms with van der Waals surface area (Å²) >= 11 is 0. The Morgan fingerprint density at radius 2 is 0.536 bits per heavy atom. The first kappa shape index (κ1) is 49.8. The van der Waals surface area contributed by atoms with E-state index in [9.17, 15) is 5.26 Å². The third kappa shape index (κ3) is 9.01. The van der Waals surface area contributed by atoms with E-state index in [0.29, 0.717) is 11.3 Å². The van der Waals surface area contributed by atoms with Crippen LogP contribution in [-0.4, -0.2) is 0 Å². The van der Waals surface area contributed by atoms with E-state index >= 15 is 0 Å². The second kappa shape index (κ2) is 21.1. The van der Waals surface area contributed by atoms with Crippen molar-refractivity contribution in [3.05, 3.63) is 354 Å². The number of nitriles is 1. The fourth-order valence-electron chi connectivity index (χ4n) is 13.2. The largest absolute Gasteiger partial charge is 0.238 e. The van der Waals surface area contributed by atoms with E-state index in [0.717, 1.165) is 66.8 Å². The molecule has 2 nitrogen and oxygen atoms in total. The number of nitrogens with zero attached hydrogens (tertiary/aromatic N) is 2. The van der Waals surface area contributed by atoms with Crippen LogP contribution >= 0.6 is 0 Å². The van der Waals surface area contributed by atoms with Crippen molar-refractivity contribution < 1.29 is 0 Å². The molecule has 2 atom stereocenters. The monoisotopic (exact) mass is 1060 g/mol. The van der Waals surface area contributed by atoms with Crippen LogP contribution in [-0.2, 0) is 0 Å². The van der Waals surface area contributed by atoms with E-state index in [1.165, 1.54) is 77.9 Å². The Kier molecular flexibility index (Phi) is 12.5. The van der Waals surface area contributed by atoms with Crippen LogP contribution in [0, 0.1) is 17.9 Å². The van der Waals surface area contributed by atoms with Gasteiger partial charge in [-0.05, 0) is 217 Å². The topological polar surface area (TPSA) is 28.1 Å². The molecule has 0 saturated carbocycles. The smallest absolute Gasteiger partial charge is 0.187 e. The van der Waals surface area contributed by atoms with Crippen LogP contribution in [0.5, 0.6) is 0 Å². The van der Waals surface area contributed by atoms with E-state index in [1.807, 2.05) is 48.5 Å². The lowest BCUT2D eigenvalue weighted by atomic mass is 9.60. The standard InChI is InChI=1S/C82H52N2/c1-84-70-38-34-57(35-39-70)59-21-15-23-61(43-59)67-45-65(55-18-6-3-7-19-55)47-69(49-67)74-27-11-9-25-72(74)63-37-41-78-80(51-63)82-76-29-13-12-28-75(76)81(78)79-50-62(36-40-77(79)82)71-24-8-10-26-73(71)68-46-64(54-16-4-2-5-17-54)44-66(48-68)60-22-14-20-58(42-60)56-32-30-53(52-83)31-33-56/h2-51,81-82H. The quantitative estimate of drug-likeness (QED) is 0.125. The van der Waals surface area contributed by atoms with Crippen molar-refractivity contribution in [2.75, 3.05) is 0 Å². The highest BCUT2D eigenvalue weighted by molar-refractivity contribution is 5.92. The Balaban J connectivity index is 0.812. The second-order valence-electron chi connectivity index (χ2n) is 22.1. The maximum absolute atomic E-state index is 9.48. The Morgan fingerprint density at radius 3 is 0.952 bits per heavy atom. The van der Waals surface area contributed by atoms with Gasteiger partial charge in [-0.3, -0.25) is 0 Å². The highest BCUT2D eigenvalue weighted by atomic mass is 14.6. The molecule has 0 amide bonds. The van der Waals surface area contributed by atoms with Crippen LogP contribution in [0.2, 0.25) is 0 Å². The molecule has 16 rings (SSSR count). The summed E-state index contributed by atoms with van der Waals surface area (Å²) in [6.45, 7) is 7.48. The summed E-state index contributed by atoms with van der Waals surface area (Å²) in [6, 6.07) is 112. The average molecular weight is 1070 g/mol. The number of hydrogen-bond acceptors (Lipinski definition) is 1. The zero-order chi connectivity index (χ0) is 56.1. The maximum Gasteiger partial charge on any atom is 0.187 e. The van der Waals surface area contributed by atoms with Crippen molar-refractivity contribution in [2.24, 2.45) is 0 Å². The molecule has 0 heterocycles. The van der Waals surface area contributed by atoms with Crippen molar-refractivity contribution >= 4 is 5.69 Å². The third-order valence-corrected chi connectivity index (χ3v) is 17.3. The first-order valence-electron chi connectivity index (χ1n) is 28.7. The molecular formula is C82H52N2. The van der Waals surface area contributed by atoms with Crippen molar-refractivity contribution in [2.45, 2.75) is 11.8 Å². The SMILES string of the molecule is [C-]#[N+]c1ccc(-c2cccc(-c3cc(-c4ccccc4)cc(-c4ccccc4-c4ccc5c(c4)C4c6ccccc6C5c5cc(-c6ccccc6-c6cc(-c7ccccc7)cc(-c7cccc(-c8ccc(C#N)cc8)c7)c6)ccc54)c3)c2)cc1. The van der Waals surface area contributed by atoms with Crippen molar-refractivity contribution in [1.29, 1.82) is 5.26 Å². The van der Waals surface area contributed by atoms with E-state index < -0.39 is 0 Å². The predicted molar refractivity (Wildman–Crippen MR) is 347 cm³/mol. The first-order chi connectivity index (χ1) is 41.5. The third-order valence-electron chi connectivity index (χ3n) is 17.3. The minimum Gasteiger partial charge on any atom is -0.238 e. The molecule has 2 bridgehead atoms. The van der Waals surface area contributed by atoms with E-state index in [-0.39, 0.29) is 11.8 Å². The van der Waals surface area contributed by atoms with Gasteiger partial charge in [0.05, 0.1) is 18.2 Å². The summed E-state index contributed by atoms with van der Waals surface area (Å²) in [6.07, 6.45) is 0. The van der Waals surface area contributed by atoms with Gasteiger partial charge in [0.1, 0.15) is 0 Å². The van der Waals surface area contributed by atoms with Crippen LogP contribution in [0.1, 0.15) is 50.8 Å². The molecule has 0 saturated heterocycles. The van der Waals surface area contributed by atoms with Gasteiger partial charge in [-0.1, -0.05) is 231 Å². The van der Waals surface area contributed by atoms with Crippen LogP contribution < -0.4 is 0 Å². The fraction of sp³-hybridized carbons (Fsp3) is 0.0244. The van der Waals surface area contributed by atoms with E-state index in [1.54, 1.807) is 0 Å². The van der Waals surface area contributed by atoms with Gasteiger partial charge in [0.25, 0.3) is 0 Å². The minimum absolute atomic E-state index is 0.0791. The molecular weight excluding hydrogens is 1010 g/mol. The van der Waals surface area contributed by atoms with Gasteiger partial charge >= 0.3 is 0 Å². The minimum atomic E-state index is 0.0791. The Labute approximate surface area is 491 Å². The zero-order valence-electron chi connectivity index (χ0n) is 45.9. The van der Waals surface area contributed by atoms with Crippen molar-refractivity contribution in [3.63, 3.8) is 0 Å². The molecule has 13 aromatic carbocycles. The fourth-order valence-corrected chi connectivity index (χ4v) is 13.2. The molecule has 0 radical (unpaired) electrons. The highest BCUT2D eigenvalue weighted by Gasteiger charge is 2.41. The van der Waals surface area contributed by atoms with Crippen LogP contribution in [0.3, 0.4) is 0 Å². The van der Waals surface area contributed by atoms with Gasteiger partial charge < -0.3 is 0 Å². The van der Waals surface area contributed by atoms with E-state index in [2.05, 4.69) is 266 Å². The average Bonchev–Trinajstić information content (AvgIpc) is 1.10. The maximum atomic E-state index is 9.48. The van der Waals surface area contributed by atoms with Crippen LogP contribution in [0.25, 0.3) is 116 Å². The lowest BCUT2D eigenvalue weighted by Gasteiger charge is -2.42. The molecule has 3 aliphatic rings. The van der Waals surface area contributed by atoms with Gasteiger partial charge in [-0.2, -0.15) is 5.26 Å². The number of rotatable bonds is 10. The molecule has 0 fully saturated rings. The molecule has 0 aliphatic heterocycles. The first-order valence-corrected chi connectivity index (χ1v) is 28.7. The molecule has 2 heteroatoms. The molecule has 390 valence electrons. The molecule has 0 N–H and O–H groups in total. The van der Waals surface area contributed by atoms with Crippen LogP contribution in [0.15, 0.2) is 303 Å². The molecule has 84 heavy (non-hydrogen) atoms. The summed E-state index contributed by atoms with van der Waals surface area (Å²) in [5, 5.41) is 9.48. The normalized spacial score (nSPS) is 13.5. The van der Waals surface area contributed by atoms with Crippen molar-refractivity contribution in [1.82, 2.24) is 0 Å². The summed E-state index contributed by atoms with van der Waals surface area (Å²) in [4.78, 5) is 3.62. The predicted octanol–water partition coefficient (Wildman–Crippen LogP) is 21.8. The molecule has 13 aromatic rings. The van der Waals surface area contributed by atoms with Gasteiger partial charge in [0.2, 0.25) is 0 Å².